The second-order valence-corrected chi connectivity index (χ2v) is 12.4. The quantitative estimate of drug-likeness (QED) is 0.132. The van der Waals surface area contributed by atoms with Crippen molar-refractivity contribution in [3.8, 4) is 0 Å². The Bertz CT molecular complexity index is 570. The summed E-state index contributed by atoms with van der Waals surface area (Å²) in [6.45, 7) is 14.2. The molecule has 0 spiro atoms. The summed E-state index contributed by atoms with van der Waals surface area (Å²) >= 11 is 0. The highest BCUT2D eigenvalue weighted by molar-refractivity contribution is 5.18. The fourth-order valence-corrected chi connectivity index (χ4v) is 5.83. The molecule has 0 bridgehead atoms. The van der Waals surface area contributed by atoms with Gasteiger partial charge in [0.2, 0.25) is 0 Å². The summed E-state index contributed by atoms with van der Waals surface area (Å²) in [5.41, 5.74) is 2.83. The predicted octanol–water partition coefficient (Wildman–Crippen LogP) is 11.7. The van der Waals surface area contributed by atoms with Gasteiger partial charge in [-0.25, -0.2) is 0 Å². The zero-order chi connectivity index (χ0) is 26.5. The molecule has 0 amide bonds. The molecule has 0 aliphatic rings. The van der Waals surface area contributed by atoms with Crippen molar-refractivity contribution in [2.24, 2.45) is 0 Å². The normalized spacial score (nSPS) is 15.1. The highest BCUT2D eigenvalue weighted by atomic mass is 14.8. The lowest BCUT2D eigenvalue weighted by molar-refractivity contribution is 0.342. The average Bonchev–Trinajstić information content (AvgIpc) is 2.89. The maximum Gasteiger partial charge on any atom is 0.0645 e. The summed E-state index contributed by atoms with van der Waals surface area (Å²) in [6, 6.07) is 0. The maximum absolute atomic E-state index is 5.17. The average molecular weight is 501 g/mol. The molecule has 1 rings (SSSR count). The highest BCUT2D eigenvalue weighted by Crippen LogP contribution is 2.37. The number of unbranched alkanes of at least 4 members (excludes halogenated alkanes) is 14. The molecule has 0 N–H and O–H groups in total. The first-order chi connectivity index (χ1) is 17.5. The van der Waals surface area contributed by atoms with Crippen molar-refractivity contribution in [1.29, 1.82) is 0 Å². The van der Waals surface area contributed by atoms with Crippen molar-refractivity contribution in [3.05, 3.63) is 23.8 Å². The van der Waals surface area contributed by atoms with Crippen molar-refractivity contribution in [2.45, 2.75) is 194 Å². The standard InChI is InChI=1S/C34H64N2/c1-7-11-15-19-23-27-33(5,25-21-17-13-9-3)31-29-36-32(30-35-31)34(6,26-22-18-14-10-4)28-24-20-16-12-8-2/h29-30H,7-28H2,1-6H3. The molecule has 0 fully saturated rings. The summed E-state index contributed by atoms with van der Waals surface area (Å²) < 4.78 is 0. The molecule has 2 heteroatoms. The molecule has 2 atom stereocenters. The van der Waals surface area contributed by atoms with E-state index in [2.05, 4.69) is 53.9 Å². The van der Waals surface area contributed by atoms with E-state index in [-0.39, 0.29) is 10.8 Å². The van der Waals surface area contributed by atoms with Gasteiger partial charge in [0.25, 0.3) is 0 Å². The minimum absolute atomic E-state index is 0.170. The van der Waals surface area contributed by atoms with E-state index in [0.717, 1.165) is 0 Å². The van der Waals surface area contributed by atoms with Crippen LogP contribution in [0.3, 0.4) is 0 Å². The van der Waals surface area contributed by atoms with Gasteiger partial charge in [-0.15, -0.1) is 0 Å². The van der Waals surface area contributed by atoms with E-state index >= 15 is 0 Å². The third-order valence-corrected chi connectivity index (χ3v) is 8.72. The van der Waals surface area contributed by atoms with E-state index in [1.807, 2.05) is 0 Å². The SMILES string of the molecule is CCCCCCCC(C)(CCCCCC)c1cnc(C(C)(CCCCCC)CCCCCCC)cn1. The van der Waals surface area contributed by atoms with Crippen LogP contribution in [0.4, 0.5) is 0 Å². The zero-order valence-electron chi connectivity index (χ0n) is 25.6. The largest absolute Gasteiger partial charge is 0.257 e. The van der Waals surface area contributed by atoms with Crippen molar-refractivity contribution in [1.82, 2.24) is 9.97 Å². The fraction of sp³-hybridized carbons (Fsp3) is 0.882. The van der Waals surface area contributed by atoms with Gasteiger partial charge in [-0.05, 0) is 25.7 Å². The van der Waals surface area contributed by atoms with Gasteiger partial charge in [-0.2, -0.15) is 0 Å². The Morgan fingerprint density at radius 1 is 0.417 bits per heavy atom. The monoisotopic (exact) mass is 501 g/mol. The van der Waals surface area contributed by atoms with Gasteiger partial charge < -0.3 is 0 Å². The van der Waals surface area contributed by atoms with Crippen LogP contribution in [0, 0.1) is 0 Å². The van der Waals surface area contributed by atoms with Crippen LogP contribution in [0.1, 0.15) is 194 Å². The third kappa shape index (κ3) is 13.0. The van der Waals surface area contributed by atoms with Gasteiger partial charge >= 0.3 is 0 Å². The molecule has 0 saturated heterocycles. The Labute approximate surface area is 227 Å². The molecule has 1 aromatic rings. The Morgan fingerprint density at radius 2 is 0.667 bits per heavy atom. The summed E-state index contributed by atoms with van der Waals surface area (Å²) in [6.07, 6.45) is 33.5. The molecule has 0 radical (unpaired) electrons. The first-order valence-electron chi connectivity index (χ1n) is 16.3. The number of aromatic nitrogens is 2. The molecule has 0 aliphatic carbocycles. The highest BCUT2D eigenvalue weighted by Gasteiger charge is 2.31. The van der Waals surface area contributed by atoms with E-state index in [4.69, 9.17) is 9.97 Å². The minimum atomic E-state index is 0.170. The third-order valence-electron chi connectivity index (χ3n) is 8.72. The van der Waals surface area contributed by atoms with Crippen LogP contribution in [-0.2, 0) is 10.8 Å². The number of hydrogen-bond acceptors (Lipinski definition) is 2. The second kappa shape index (κ2) is 20.1. The van der Waals surface area contributed by atoms with Gasteiger partial charge in [0.15, 0.2) is 0 Å². The molecule has 2 nitrogen and oxygen atoms in total. The van der Waals surface area contributed by atoms with Gasteiger partial charge in [0.05, 0.1) is 11.4 Å². The first kappa shape index (κ1) is 33.1. The molecule has 0 aromatic carbocycles. The van der Waals surface area contributed by atoms with Crippen molar-refractivity contribution in [2.75, 3.05) is 0 Å². The summed E-state index contributed by atoms with van der Waals surface area (Å²) in [4.78, 5) is 10.3. The van der Waals surface area contributed by atoms with Crippen LogP contribution in [-0.4, -0.2) is 9.97 Å². The minimum Gasteiger partial charge on any atom is -0.257 e. The number of rotatable bonds is 24. The lowest BCUT2D eigenvalue weighted by Crippen LogP contribution is -2.27. The van der Waals surface area contributed by atoms with Gasteiger partial charge in [-0.1, -0.05) is 157 Å². The van der Waals surface area contributed by atoms with Crippen LogP contribution in [0.25, 0.3) is 0 Å². The molecule has 36 heavy (non-hydrogen) atoms. The molecule has 210 valence electrons. The Morgan fingerprint density at radius 3 is 0.917 bits per heavy atom. The molecule has 2 unspecified atom stereocenters. The lowest BCUT2D eigenvalue weighted by Gasteiger charge is -2.32. The number of hydrogen-bond donors (Lipinski definition) is 0. The van der Waals surface area contributed by atoms with Gasteiger partial charge in [-0.3, -0.25) is 9.97 Å². The Kier molecular flexibility index (Phi) is 18.5. The van der Waals surface area contributed by atoms with Crippen LogP contribution < -0.4 is 0 Å². The molecule has 1 heterocycles. The lowest BCUT2D eigenvalue weighted by atomic mass is 9.75. The van der Waals surface area contributed by atoms with Crippen LogP contribution >= 0.6 is 0 Å². The summed E-state index contributed by atoms with van der Waals surface area (Å²) in [5.74, 6) is 0. The fourth-order valence-electron chi connectivity index (χ4n) is 5.83. The second-order valence-electron chi connectivity index (χ2n) is 12.4. The topological polar surface area (TPSA) is 25.8 Å². The molecular weight excluding hydrogens is 436 g/mol. The Balaban J connectivity index is 2.95. The molecule has 1 aromatic heterocycles. The van der Waals surface area contributed by atoms with E-state index in [0.29, 0.717) is 0 Å². The van der Waals surface area contributed by atoms with Crippen LogP contribution in [0.2, 0.25) is 0 Å². The molecule has 0 aliphatic heterocycles. The van der Waals surface area contributed by atoms with E-state index in [1.165, 1.54) is 153 Å². The van der Waals surface area contributed by atoms with E-state index in [1.54, 1.807) is 0 Å². The van der Waals surface area contributed by atoms with E-state index in [9.17, 15) is 0 Å². The smallest absolute Gasteiger partial charge is 0.0645 e. The van der Waals surface area contributed by atoms with Crippen LogP contribution in [0.15, 0.2) is 12.4 Å². The van der Waals surface area contributed by atoms with Crippen molar-refractivity contribution >= 4 is 0 Å². The van der Waals surface area contributed by atoms with Gasteiger partial charge in [0, 0.05) is 23.2 Å². The first-order valence-corrected chi connectivity index (χ1v) is 16.3. The molecule has 0 saturated carbocycles. The zero-order valence-corrected chi connectivity index (χ0v) is 25.6. The predicted molar refractivity (Wildman–Crippen MR) is 161 cm³/mol. The summed E-state index contributed by atoms with van der Waals surface area (Å²) in [5, 5.41) is 0. The number of nitrogens with zero attached hydrogens (tertiary/aromatic N) is 2. The van der Waals surface area contributed by atoms with Gasteiger partial charge in [0.1, 0.15) is 0 Å². The summed E-state index contributed by atoms with van der Waals surface area (Å²) in [7, 11) is 0. The maximum atomic E-state index is 5.17. The van der Waals surface area contributed by atoms with Crippen molar-refractivity contribution in [3.63, 3.8) is 0 Å². The van der Waals surface area contributed by atoms with E-state index < -0.39 is 0 Å². The Hall–Kier alpha value is -0.920. The van der Waals surface area contributed by atoms with Crippen LogP contribution in [0.5, 0.6) is 0 Å². The van der Waals surface area contributed by atoms with Crippen molar-refractivity contribution < 1.29 is 0 Å². The molecular formula is C34H64N2.